The Balaban J connectivity index is 1.57. The van der Waals surface area contributed by atoms with Gasteiger partial charge in [-0.3, -0.25) is 14.5 Å². The third-order valence-corrected chi connectivity index (χ3v) is 4.18. The van der Waals surface area contributed by atoms with Crippen molar-refractivity contribution in [3.8, 4) is 0 Å². The highest BCUT2D eigenvalue weighted by Gasteiger charge is 2.38. The number of hydrogen-bond acceptors (Lipinski definition) is 4. The number of rotatable bonds is 6. The molecular weight excluding hydrogens is 413 g/mol. The van der Waals surface area contributed by atoms with E-state index in [2.05, 4.69) is 26.0 Å². The Labute approximate surface area is 175 Å². The molecule has 0 fully saturated rings. The molecule has 3 amide bonds. The minimum Gasteiger partial charge on any atom is -0.348 e. The molecule has 162 valence electrons. The molecular formula is C20H19F3N6O2. The number of nitrogens with one attached hydrogen (secondary N) is 3. The van der Waals surface area contributed by atoms with E-state index in [1.807, 2.05) is 0 Å². The van der Waals surface area contributed by atoms with Crippen LogP contribution in [0.25, 0.3) is 0 Å². The number of benzene rings is 1. The van der Waals surface area contributed by atoms with Crippen LogP contribution in [0.5, 0.6) is 0 Å². The molecule has 0 aliphatic rings. The van der Waals surface area contributed by atoms with Gasteiger partial charge in [-0.15, -0.1) is 0 Å². The summed E-state index contributed by atoms with van der Waals surface area (Å²) in [5.74, 6) is -0.895. The van der Waals surface area contributed by atoms with E-state index >= 15 is 0 Å². The van der Waals surface area contributed by atoms with Crippen molar-refractivity contribution in [3.05, 3.63) is 77.4 Å². The fourth-order valence-electron chi connectivity index (χ4n) is 2.76. The molecule has 0 bridgehead atoms. The molecule has 11 heteroatoms. The van der Waals surface area contributed by atoms with Crippen LogP contribution in [0.2, 0.25) is 0 Å². The molecule has 1 aromatic carbocycles. The van der Waals surface area contributed by atoms with E-state index in [1.165, 1.54) is 7.05 Å². The first-order chi connectivity index (χ1) is 14.7. The van der Waals surface area contributed by atoms with Gasteiger partial charge in [0.25, 0.3) is 5.91 Å². The van der Waals surface area contributed by atoms with Crippen LogP contribution in [-0.4, -0.2) is 26.7 Å². The van der Waals surface area contributed by atoms with Crippen LogP contribution in [-0.2, 0) is 26.3 Å². The number of pyridine rings is 1. The monoisotopic (exact) mass is 432 g/mol. The van der Waals surface area contributed by atoms with Crippen molar-refractivity contribution in [1.29, 1.82) is 0 Å². The second-order valence-electron chi connectivity index (χ2n) is 6.61. The molecule has 31 heavy (non-hydrogen) atoms. The van der Waals surface area contributed by atoms with Gasteiger partial charge in [0, 0.05) is 44.4 Å². The van der Waals surface area contributed by atoms with Gasteiger partial charge >= 0.3 is 12.2 Å². The molecule has 0 aliphatic carbocycles. The highest BCUT2D eigenvalue weighted by atomic mass is 19.4. The lowest BCUT2D eigenvalue weighted by atomic mass is 10.2. The van der Waals surface area contributed by atoms with E-state index in [1.54, 1.807) is 48.8 Å². The van der Waals surface area contributed by atoms with Crippen LogP contribution in [0.4, 0.5) is 23.7 Å². The number of halogens is 3. The maximum atomic E-state index is 13.0. The molecule has 3 N–H and O–H groups in total. The number of hydrogen-bond donors (Lipinski definition) is 3. The number of anilines is 1. The summed E-state index contributed by atoms with van der Waals surface area (Å²) in [7, 11) is 1.31. The molecule has 2 heterocycles. The van der Waals surface area contributed by atoms with Crippen molar-refractivity contribution >= 4 is 17.6 Å². The third-order valence-electron chi connectivity index (χ3n) is 4.18. The molecule has 0 saturated heterocycles. The summed E-state index contributed by atoms with van der Waals surface area (Å²) in [6, 6.07) is 9.72. The largest absolute Gasteiger partial charge is 0.435 e. The second kappa shape index (κ2) is 9.28. The van der Waals surface area contributed by atoms with Crippen molar-refractivity contribution in [1.82, 2.24) is 25.4 Å². The molecule has 3 rings (SSSR count). The lowest BCUT2D eigenvalue weighted by Crippen LogP contribution is -2.28. The van der Waals surface area contributed by atoms with E-state index in [0.717, 1.165) is 16.4 Å². The van der Waals surface area contributed by atoms with Crippen molar-refractivity contribution in [2.45, 2.75) is 19.3 Å². The Kier molecular flexibility index (Phi) is 6.53. The highest BCUT2D eigenvalue weighted by molar-refractivity contribution is 5.95. The van der Waals surface area contributed by atoms with Crippen molar-refractivity contribution in [2.24, 2.45) is 7.05 Å². The number of urea groups is 1. The quantitative estimate of drug-likeness (QED) is 0.557. The van der Waals surface area contributed by atoms with E-state index in [0.29, 0.717) is 17.8 Å². The highest BCUT2D eigenvalue weighted by Crippen LogP contribution is 2.30. The number of carbonyl (C=O) groups excluding carboxylic acids is 2. The maximum Gasteiger partial charge on any atom is 0.435 e. The average molecular weight is 432 g/mol. The zero-order valence-electron chi connectivity index (χ0n) is 16.4. The number of carbonyl (C=O) groups is 2. The Morgan fingerprint density at radius 1 is 1.03 bits per heavy atom. The van der Waals surface area contributed by atoms with Crippen LogP contribution in [0.1, 0.15) is 27.2 Å². The fourth-order valence-corrected chi connectivity index (χ4v) is 2.76. The third kappa shape index (κ3) is 6.04. The zero-order valence-corrected chi connectivity index (χ0v) is 16.4. The number of aromatic nitrogens is 3. The minimum absolute atomic E-state index is 0.0286. The van der Waals surface area contributed by atoms with Crippen molar-refractivity contribution in [3.63, 3.8) is 0 Å². The number of aryl methyl sites for hydroxylation is 1. The summed E-state index contributed by atoms with van der Waals surface area (Å²) in [4.78, 5) is 28.2. The van der Waals surface area contributed by atoms with Crippen molar-refractivity contribution in [2.75, 3.05) is 5.32 Å². The number of nitrogens with zero attached hydrogens (tertiary/aromatic N) is 3. The van der Waals surface area contributed by atoms with Crippen LogP contribution < -0.4 is 16.0 Å². The predicted molar refractivity (Wildman–Crippen MR) is 106 cm³/mol. The minimum atomic E-state index is -4.73. The smallest absolute Gasteiger partial charge is 0.348 e. The van der Waals surface area contributed by atoms with Gasteiger partial charge in [0.15, 0.2) is 5.69 Å². The Morgan fingerprint density at radius 3 is 2.45 bits per heavy atom. The lowest BCUT2D eigenvalue weighted by molar-refractivity contribution is -0.141. The van der Waals surface area contributed by atoms with E-state index in [9.17, 15) is 22.8 Å². The van der Waals surface area contributed by atoms with E-state index < -0.39 is 29.4 Å². The first-order valence-electron chi connectivity index (χ1n) is 9.14. The predicted octanol–water partition coefficient (Wildman–Crippen LogP) is 3.09. The maximum absolute atomic E-state index is 13.0. The van der Waals surface area contributed by atoms with Gasteiger partial charge in [0.05, 0.1) is 5.56 Å². The second-order valence-corrected chi connectivity index (χ2v) is 6.61. The standard InChI is InChI=1S/C20H19F3N6O2/c1-29-12-16(17(28-29)20(21,22)23)18(30)25-11-14-3-2-4-15(9-14)27-19(31)26-10-13-5-7-24-8-6-13/h2-9,12H,10-11H2,1H3,(H,25,30)(H2,26,27,31). The summed E-state index contributed by atoms with van der Waals surface area (Å²) >= 11 is 0. The van der Waals surface area contributed by atoms with Crippen LogP contribution >= 0.6 is 0 Å². The number of alkyl halides is 3. The first-order valence-corrected chi connectivity index (χ1v) is 9.14. The molecule has 0 aliphatic heterocycles. The van der Waals surface area contributed by atoms with Crippen LogP contribution in [0, 0.1) is 0 Å². The topological polar surface area (TPSA) is 101 Å². The van der Waals surface area contributed by atoms with Gasteiger partial charge < -0.3 is 16.0 Å². The summed E-state index contributed by atoms with van der Waals surface area (Å²) in [5.41, 5.74) is 0.151. The number of amides is 3. The molecule has 0 saturated carbocycles. The molecule has 2 aromatic heterocycles. The van der Waals surface area contributed by atoms with Crippen LogP contribution in [0.3, 0.4) is 0 Å². The summed E-state index contributed by atoms with van der Waals surface area (Å²) < 4.78 is 40.0. The Bertz CT molecular complexity index is 1070. The average Bonchev–Trinajstić information content (AvgIpc) is 3.14. The van der Waals surface area contributed by atoms with Gasteiger partial charge in [0.2, 0.25) is 0 Å². The Morgan fingerprint density at radius 2 is 1.74 bits per heavy atom. The fraction of sp³-hybridized carbons (Fsp3) is 0.200. The molecule has 0 atom stereocenters. The molecule has 8 nitrogen and oxygen atoms in total. The molecule has 0 spiro atoms. The Hall–Kier alpha value is -3.89. The molecule has 3 aromatic rings. The molecule has 0 unspecified atom stereocenters. The zero-order chi connectivity index (χ0) is 22.4. The summed E-state index contributed by atoms with van der Waals surface area (Å²) in [5, 5.41) is 11.1. The van der Waals surface area contributed by atoms with Gasteiger partial charge in [-0.2, -0.15) is 18.3 Å². The van der Waals surface area contributed by atoms with Gasteiger partial charge in [0.1, 0.15) is 0 Å². The van der Waals surface area contributed by atoms with Gasteiger partial charge in [-0.05, 0) is 35.4 Å². The van der Waals surface area contributed by atoms with E-state index in [-0.39, 0.29) is 6.54 Å². The normalized spacial score (nSPS) is 11.1. The SMILES string of the molecule is Cn1cc(C(=O)NCc2cccc(NC(=O)NCc3ccncc3)c2)c(C(F)(F)F)n1. The van der Waals surface area contributed by atoms with Gasteiger partial charge in [-0.1, -0.05) is 12.1 Å². The summed E-state index contributed by atoms with van der Waals surface area (Å²) in [6.45, 7) is 0.288. The first kappa shape index (κ1) is 21.8. The van der Waals surface area contributed by atoms with E-state index in [4.69, 9.17) is 0 Å². The van der Waals surface area contributed by atoms with Crippen molar-refractivity contribution < 1.29 is 22.8 Å². The lowest BCUT2D eigenvalue weighted by Gasteiger charge is -2.10. The molecule has 0 radical (unpaired) electrons. The van der Waals surface area contributed by atoms with Crippen LogP contribution in [0.15, 0.2) is 55.0 Å². The summed E-state index contributed by atoms with van der Waals surface area (Å²) in [6.07, 6.45) is -0.476. The van der Waals surface area contributed by atoms with Gasteiger partial charge in [-0.25, -0.2) is 4.79 Å².